The van der Waals surface area contributed by atoms with E-state index < -0.39 is 11.4 Å². The lowest BCUT2D eigenvalue weighted by molar-refractivity contribution is 0.594. The summed E-state index contributed by atoms with van der Waals surface area (Å²) in [6.07, 6.45) is 1.69. The summed E-state index contributed by atoms with van der Waals surface area (Å²) in [6, 6.07) is 0. The zero-order valence-corrected chi connectivity index (χ0v) is 5.04. The predicted octanol–water partition coefficient (Wildman–Crippen LogP) is 0.223. The van der Waals surface area contributed by atoms with E-state index in [1.807, 2.05) is 0 Å². The highest BCUT2D eigenvalue weighted by Gasteiger charge is 1.92. The molecule has 0 saturated heterocycles. The minimum atomic E-state index is -1.11. The summed E-state index contributed by atoms with van der Waals surface area (Å²) in [5.41, 5.74) is 0. The molecule has 0 bridgehead atoms. The highest BCUT2D eigenvalue weighted by molar-refractivity contribution is 7.89. The molecule has 7 heavy (non-hydrogen) atoms. The van der Waals surface area contributed by atoms with Gasteiger partial charge in [0, 0.05) is 11.4 Å². The second-order valence-corrected chi connectivity index (χ2v) is 2.46. The van der Waals surface area contributed by atoms with Crippen LogP contribution in [0, 0.1) is 6.92 Å². The summed E-state index contributed by atoms with van der Waals surface area (Å²) < 4.78 is 10.1. The van der Waals surface area contributed by atoms with Gasteiger partial charge in [-0.2, -0.15) is 5.14 Å². The fourth-order valence-corrected chi connectivity index (χ4v) is 0.733. The van der Waals surface area contributed by atoms with Crippen LogP contribution in [0.1, 0.15) is 12.8 Å². The molecule has 0 aliphatic rings. The van der Waals surface area contributed by atoms with Gasteiger partial charge in [0.1, 0.15) is 5.75 Å². The number of hydrogen-bond acceptors (Lipinski definition) is 2. The third kappa shape index (κ3) is 6.27. The quantitative estimate of drug-likeness (QED) is 0.542. The Kier molecular flexibility index (Phi) is 4.60. The molecular weight excluding hydrogens is 110 g/mol. The lowest BCUT2D eigenvalue weighted by Crippen LogP contribution is -2.15. The molecule has 0 aromatic rings. The minimum Gasteiger partial charge on any atom is -0.598 e. The lowest BCUT2D eigenvalue weighted by Gasteiger charge is -1.98. The monoisotopic (exact) mass is 120 g/mol. The van der Waals surface area contributed by atoms with Gasteiger partial charge < -0.3 is 4.55 Å². The third-order valence-electron chi connectivity index (χ3n) is 0.596. The van der Waals surface area contributed by atoms with Crippen LogP contribution in [0.4, 0.5) is 0 Å². The van der Waals surface area contributed by atoms with E-state index in [2.05, 4.69) is 6.92 Å². The summed E-state index contributed by atoms with van der Waals surface area (Å²) in [5, 5.41) is 4.92. The molecule has 43 valence electrons. The second kappa shape index (κ2) is 4.43. The van der Waals surface area contributed by atoms with E-state index in [0.29, 0.717) is 5.75 Å². The van der Waals surface area contributed by atoms with Crippen LogP contribution in [-0.4, -0.2) is 10.3 Å². The molecule has 0 rings (SSSR count). The summed E-state index contributed by atoms with van der Waals surface area (Å²) in [5.74, 6) is 0.587. The first-order valence-electron chi connectivity index (χ1n) is 2.19. The average Bonchev–Trinajstić information content (AvgIpc) is 1.61. The van der Waals surface area contributed by atoms with Gasteiger partial charge in [0.05, 0.1) is 0 Å². The standard InChI is InChI=1S/C4H10NOS/c1-2-3-4-7(5)6/h1-5H2. The largest absolute Gasteiger partial charge is 0.598 e. The molecule has 0 fully saturated rings. The van der Waals surface area contributed by atoms with Gasteiger partial charge in [-0.3, -0.25) is 0 Å². The molecule has 1 unspecified atom stereocenters. The number of nitrogens with two attached hydrogens (primary N) is 1. The molecular formula is C4H10NOS. The summed E-state index contributed by atoms with van der Waals surface area (Å²) in [4.78, 5) is 0. The molecule has 0 spiro atoms. The highest BCUT2D eigenvalue weighted by Crippen LogP contribution is 1.88. The van der Waals surface area contributed by atoms with Crippen molar-refractivity contribution in [3.8, 4) is 0 Å². The molecule has 0 heterocycles. The van der Waals surface area contributed by atoms with E-state index >= 15 is 0 Å². The van der Waals surface area contributed by atoms with E-state index in [9.17, 15) is 4.55 Å². The second-order valence-electron chi connectivity index (χ2n) is 1.29. The van der Waals surface area contributed by atoms with Crippen molar-refractivity contribution in [2.75, 3.05) is 5.75 Å². The van der Waals surface area contributed by atoms with Gasteiger partial charge in [-0.05, 0) is 12.8 Å². The Morgan fingerprint density at radius 2 is 2.29 bits per heavy atom. The molecule has 0 aliphatic carbocycles. The molecule has 0 saturated carbocycles. The van der Waals surface area contributed by atoms with E-state index in [4.69, 9.17) is 5.14 Å². The van der Waals surface area contributed by atoms with Gasteiger partial charge >= 0.3 is 0 Å². The maximum Gasteiger partial charge on any atom is 0.125 e. The molecule has 3 heteroatoms. The molecule has 1 radical (unpaired) electrons. The van der Waals surface area contributed by atoms with Gasteiger partial charge in [0.2, 0.25) is 0 Å². The van der Waals surface area contributed by atoms with Crippen LogP contribution < -0.4 is 5.14 Å². The van der Waals surface area contributed by atoms with Crippen molar-refractivity contribution < 1.29 is 4.55 Å². The van der Waals surface area contributed by atoms with Crippen molar-refractivity contribution in [2.24, 2.45) is 5.14 Å². The van der Waals surface area contributed by atoms with Gasteiger partial charge in [-0.15, -0.1) is 0 Å². The van der Waals surface area contributed by atoms with Gasteiger partial charge in [0.15, 0.2) is 0 Å². The zero-order valence-electron chi connectivity index (χ0n) is 4.22. The highest BCUT2D eigenvalue weighted by atomic mass is 32.2. The maximum absolute atomic E-state index is 10.1. The molecule has 1 atom stereocenters. The first kappa shape index (κ1) is 7.27. The van der Waals surface area contributed by atoms with Crippen molar-refractivity contribution >= 4 is 11.4 Å². The van der Waals surface area contributed by atoms with Crippen molar-refractivity contribution in [1.82, 2.24) is 0 Å². The number of rotatable bonds is 3. The van der Waals surface area contributed by atoms with Gasteiger partial charge in [-0.1, -0.05) is 6.92 Å². The van der Waals surface area contributed by atoms with Crippen molar-refractivity contribution in [3.63, 3.8) is 0 Å². The van der Waals surface area contributed by atoms with Crippen LogP contribution in [0.3, 0.4) is 0 Å². The Balaban J connectivity index is 2.68. The van der Waals surface area contributed by atoms with Crippen LogP contribution in [0.15, 0.2) is 0 Å². The molecule has 0 aliphatic heterocycles. The third-order valence-corrected chi connectivity index (χ3v) is 1.29. The lowest BCUT2D eigenvalue weighted by atomic mass is 10.4. The first-order chi connectivity index (χ1) is 3.27. The molecule has 0 aromatic carbocycles. The van der Waals surface area contributed by atoms with Crippen LogP contribution in [-0.2, 0) is 11.4 Å². The molecule has 0 aromatic heterocycles. The summed E-state index contributed by atoms with van der Waals surface area (Å²) in [6.45, 7) is 3.57. The van der Waals surface area contributed by atoms with E-state index in [0.717, 1.165) is 12.8 Å². The van der Waals surface area contributed by atoms with E-state index in [1.165, 1.54) is 0 Å². The minimum absolute atomic E-state index is 0.587. The Labute approximate surface area is 47.4 Å². The van der Waals surface area contributed by atoms with Crippen molar-refractivity contribution in [1.29, 1.82) is 0 Å². The summed E-state index contributed by atoms with van der Waals surface area (Å²) in [7, 11) is 0. The Morgan fingerprint density at radius 3 is 2.43 bits per heavy atom. The van der Waals surface area contributed by atoms with Crippen molar-refractivity contribution in [3.05, 3.63) is 6.92 Å². The zero-order chi connectivity index (χ0) is 5.70. The fourth-order valence-electron chi connectivity index (χ4n) is 0.244. The number of unbranched alkanes of at least 4 members (excludes halogenated alkanes) is 1. The topological polar surface area (TPSA) is 49.1 Å². The van der Waals surface area contributed by atoms with Crippen LogP contribution in [0.25, 0.3) is 0 Å². The SMILES string of the molecule is [CH2]CCC[S+](N)[O-]. The summed E-state index contributed by atoms with van der Waals surface area (Å²) >= 11 is -1.11. The first-order valence-corrected chi connectivity index (χ1v) is 3.57. The van der Waals surface area contributed by atoms with E-state index in [1.54, 1.807) is 0 Å². The van der Waals surface area contributed by atoms with Crippen molar-refractivity contribution in [2.45, 2.75) is 12.8 Å². The van der Waals surface area contributed by atoms with Gasteiger partial charge in [-0.25, -0.2) is 0 Å². The molecule has 0 amide bonds. The van der Waals surface area contributed by atoms with Gasteiger partial charge in [0.25, 0.3) is 0 Å². The van der Waals surface area contributed by atoms with Crippen LogP contribution in [0.5, 0.6) is 0 Å². The average molecular weight is 120 g/mol. The Bertz CT molecular complexity index is 40.7. The van der Waals surface area contributed by atoms with Crippen LogP contribution >= 0.6 is 0 Å². The Morgan fingerprint density at radius 1 is 1.71 bits per heavy atom. The normalized spacial score (nSPS) is 14.1. The molecule has 2 N–H and O–H groups in total. The number of hydrogen-bond donors (Lipinski definition) is 1. The smallest absolute Gasteiger partial charge is 0.125 e. The maximum atomic E-state index is 10.1. The van der Waals surface area contributed by atoms with E-state index in [-0.39, 0.29) is 0 Å². The predicted molar refractivity (Wildman–Crippen MR) is 31.8 cm³/mol. The van der Waals surface area contributed by atoms with Crippen LogP contribution in [0.2, 0.25) is 0 Å². The fraction of sp³-hybridized carbons (Fsp3) is 0.750. The Hall–Kier alpha value is 0.270. The molecule has 2 nitrogen and oxygen atoms in total.